The van der Waals surface area contributed by atoms with Gasteiger partial charge in [0.25, 0.3) is 11.8 Å². The first kappa shape index (κ1) is 19.9. The summed E-state index contributed by atoms with van der Waals surface area (Å²) in [4.78, 5) is 24.6. The molecule has 2 N–H and O–H groups in total. The van der Waals surface area contributed by atoms with E-state index in [1.54, 1.807) is 12.1 Å². The minimum Gasteiger partial charge on any atom is -0.376 e. The van der Waals surface area contributed by atoms with Crippen molar-refractivity contribution in [2.45, 2.75) is 25.1 Å². The number of rotatable bonds is 5. The molecule has 148 valence electrons. The van der Waals surface area contributed by atoms with Crippen molar-refractivity contribution >= 4 is 17.5 Å². The Labute approximate surface area is 159 Å². The Balaban J connectivity index is 1.66. The third-order valence-electron chi connectivity index (χ3n) is 4.35. The highest BCUT2D eigenvalue weighted by Crippen LogP contribution is 2.30. The summed E-state index contributed by atoms with van der Waals surface area (Å²) in [6, 6.07) is 10.4. The largest absolute Gasteiger partial charge is 0.416 e. The predicted molar refractivity (Wildman–Crippen MR) is 97.1 cm³/mol. The molecule has 1 saturated heterocycles. The van der Waals surface area contributed by atoms with E-state index in [0.717, 1.165) is 25.0 Å². The van der Waals surface area contributed by atoms with Gasteiger partial charge in [-0.05, 0) is 49.2 Å². The Morgan fingerprint density at radius 3 is 2.43 bits per heavy atom. The van der Waals surface area contributed by atoms with Crippen LogP contribution in [0, 0.1) is 0 Å². The molecule has 0 saturated carbocycles. The summed E-state index contributed by atoms with van der Waals surface area (Å²) < 4.78 is 43.8. The summed E-state index contributed by atoms with van der Waals surface area (Å²) in [5.74, 6) is -0.947. The molecule has 1 unspecified atom stereocenters. The lowest BCUT2D eigenvalue weighted by atomic mass is 10.1. The topological polar surface area (TPSA) is 67.4 Å². The van der Waals surface area contributed by atoms with Crippen molar-refractivity contribution in [3.8, 4) is 0 Å². The molecule has 2 aromatic rings. The standard InChI is InChI=1S/C20H19F3N2O3/c21-20(22,23)15-6-2-7-16(11-15)25-19(27)14-5-1-4-13(10-14)18(26)24-12-17-8-3-9-28-17/h1-2,4-7,10-11,17H,3,8-9,12H2,(H,24,26)(H,25,27). The van der Waals surface area contributed by atoms with Crippen molar-refractivity contribution in [3.05, 3.63) is 65.2 Å². The summed E-state index contributed by atoms with van der Waals surface area (Å²) in [5.41, 5.74) is -0.377. The number of benzene rings is 2. The number of anilines is 1. The quantitative estimate of drug-likeness (QED) is 0.812. The van der Waals surface area contributed by atoms with Gasteiger partial charge in [-0.25, -0.2) is 0 Å². The first-order valence-electron chi connectivity index (χ1n) is 8.81. The van der Waals surface area contributed by atoms with E-state index in [-0.39, 0.29) is 28.8 Å². The highest BCUT2D eigenvalue weighted by Gasteiger charge is 2.30. The minimum absolute atomic E-state index is 0.00339. The zero-order valence-electron chi connectivity index (χ0n) is 14.9. The van der Waals surface area contributed by atoms with Crippen LogP contribution in [0.2, 0.25) is 0 Å². The normalized spacial score (nSPS) is 16.6. The molecular weight excluding hydrogens is 373 g/mol. The first-order chi connectivity index (χ1) is 13.3. The molecule has 2 aromatic carbocycles. The number of carbonyl (C=O) groups is 2. The van der Waals surface area contributed by atoms with Gasteiger partial charge in [0.05, 0.1) is 11.7 Å². The number of halogens is 3. The third-order valence-corrected chi connectivity index (χ3v) is 4.35. The maximum atomic E-state index is 12.8. The summed E-state index contributed by atoms with van der Waals surface area (Å²) in [7, 11) is 0. The molecule has 3 rings (SSSR count). The Morgan fingerprint density at radius 1 is 1.04 bits per heavy atom. The lowest BCUT2D eigenvalue weighted by molar-refractivity contribution is -0.137. The molecule has 0 aliphatic carbocycles. The molecule has 1 atom stereocenters. The predicted octanol–water partition coefficient (Wildman–Crippen LogP) is 3.87. The smallest absolute Gasteiger partial charge is 0.376 e. The van der Waals surface area contributed by atoms with E-state index < -0.39 is 17.6 Å². The van der Waals surface area contributed by atoms with Crippen LogP contribution in [0.1, 0.15) is 39.1 Å². The molecule has 8 heteroatoms. The number of amides is 2. The number of alkyl halides is 3. The molecule has 5 nitrogen and oxygen atoms in total. The zero-order chi connectivity index (χ0) is 20.1. The number of hydrogen-bond donors (Lipinski definition) is 2. The number of carbonyl (C=O) groups excluding carboxylic acids is 2. The van der Waals surface area contributed by atoms with Gasteiger partial charge in [0.15, 0.2) is 0 Å². The van der Waals surface area contributed by atoms with Crippen molar-refractivity contribution in [1.82, 2.24) is 5.32 Å². The van der Waals surface area contributed by atoms with E-state index in [1.807, 2.05) is 0 Å². The van der Waals surface area contributed by atoms with Crippen molar-refractivity contribution < 1.29 is 27.5 Å². The van der Waals surface area contributed by atoms with Crippen LogP contribution in [0.5, 0.6) is 0 Å². The molecule has 28 heavy (non-hydrogen) atoms. The molecule has 1 aliphatic rings. The lowest BCUT2D eigenvalue weighted by Gasteiger charge is -2.12. The minimum atomic E-state index is -4.50. The Morgan fingerprint density at radius 2 is 1.75 bits per heavy atom. The average Bonchev–Trinajstić information content (AvgIpc) is 3.19. The van der Waals surface area contributed by atoms with Crippen molar-refractivity contribution in [3.63, 3.8) is 0 Å². The Hall–Kier alpha value is -2.87. The summed E-state index contributed by atoms with van der Waals surface area (Å²) in [6.07, 6.45) is -2.65. The fraction of sp³-hybridized carbons (Fsp3) is 0.300. The van der Waals surface area contributed by atoms with Gasteiger partial charge in [0.1, 0.15) is 0 Å². The van der Waals surface area contributed by atoms with Crippen molar-refractivity contribution in [2.75, 3.05) is 18.5 Å². The monoisotopic (exact) mass is 392 g/mol. The Bertz CT molecular complexity index is 862. The number of nitrogens with one attached hydrogen (secondary N) is 2. The molecule has 0 bridgehead atoms. The number of hydrogen-bond acceptors (Lipinski definition) is 3. The molecule has 1 fully saturated rings. The van der Waals surface area contributed by atoms with Crippen molar-refractivity contribution in [2.24, 2.45) is 0 Å². The molecular formula is C20H19F3N2O3. The van der Waals surface area contributed by atoms with Crippen LogP contribution in [-0.2, 0) is 10.9 Å². The van der Waals surface area contributed by atoms with Crippen LogP contribution < -0.4 is 10.6 Å². The van der Waals surface area contributed by atoms with Crippen molar-refractivity contribution in [1.29, 1.82) is 0 Å². The fourth-order valence-electron chi connectivity index (χ4n) is 2.89. The van der Waals surface area contributed by atoms with Crippen LogP contribution in [0.25, 0.3) is 0 Å². The summed E-state index contributed by atoms with van der Waals surface area (Å²) in [5, 5.41) is 5.18. The average molecular weight is 392 g/mol. The van der Waals surface area contributed by atoms with Crippen LogP contribution in [0.3, 0.4) is 0 Å². The van der Waals surface area contributed by atoms with E-state index in [1.165, 1.54) is 24.3 Å². The van der Waals surface area contributed by atoms with Gasteiger partial charge in [0, 0.05) is 30.0 Å². The van der Waals surface area contributed by atoms with Gasteiger partial charge in [-0.1, -0.05) is 12.1 Å². The SMILES string of the molecule is O=C(NCC1CCCO1)c1cccc(C(=O)Nc2cccc(C(F)(F)F)c2)c1. The maximum absolute atomic E-state index is 12.8. The Kier molecular flexibility index (Phi) is 5.99. The van der Waals surface area contributed by atoms with E-state index in [4.69, 9.17) is 4.74 Å². The second kappa shape index (κ2) is 8.43. The molecule has 0 spiro atoms. The fourth-order valence-corrected chi connectivity index (χ4v) is 2.89. The van der Waals surface area contributed by atoms with Crippen LogP contribution in [-0.4, -0.2) is 31.1 Å². The first-order valence-corrected chi connectivity index (χ1v) is 8.81. The van der Waals surface area contributed by atoms with Crippen LogP contribution in [0.15, 0.2) is 48.5 Å². The summed E-state index contributed by atoms with van der Waals surface area (Å²) >= 11 is 0. The van der Waals surface area contributed by atoms with E-state index in [9.17, 15) is 22.8 Å². The van der Waals surface area contributed by atoms with Gasteiger partial charge in [-0.15, -0.1) is 0 Å². The van der Waals surface area contributed by atoms with Gasteiger partial charge in [0.2, 0.25) is 0 Å². The van der Waals surface area contributed by atoms with Gasteiger partial charge in [-0.2, -0.15) is 13.2 Å². The van der Waals surface area contributed by atoms with Crippen LogP contribution >= 0.6 is 0 Å². The highest BCUT2D eigenvalue weighted by atomic mass is 19.4. The highest BCUT2D eigenvalue weighted by molar-refractivity contribution is 6.06. The summed E-state index contributed by atoms with van der Waals surface area (Å²) in [6.45, 7) is 1.07. The molecule has 1 aliphatic heterocycles. The molecule has 1 heterocycles. The lowest BCUT2D eigenvalue weighted by Crippen LogP contribution is -2.31. The van der Waals surface area contributed by atoms with E-state index in [0.29, 0.717) is 13.2 Å². The molecule has 2 amide bonds. The van der Waals surface area contributed by atoms with Crippen LogP contribution in [0.4, 0.5) is 18.9 Å². The second-order valence-corrected chi connectivity index (χ2v) is 6.46. The van der Waals surface area contributed by atoms with E-state index in [2.05, 4.69) is 10.6 Å². The second-order valence-electron chi connectivity index (χ2n) is 6.46. The molecule has 0 radical (unpaired) electrons. The van der Waals surface area contributed by atoms with Gasteiger partial charge in [-0.3, -0.25) is 9.59 Å². The number of ether oxygens (including phenoxy) is 1. The zero-order valence-corrected chi connectivity index (χ0v) is 14.9. The van der Waals surface area contributed by atoms with Gasteiger partial charge >= 0.3 is 6.18 Å². The maximum Gasteiger partial charge on any atom is 0.416 e. The van der Waals surface area contributed by atoms with E-state index >= 15 is 0 Å². The molecule has 0 aromatic heterocycles. The van der Waals surface area contributed by atoms with Gasteiger partial charge < -0.3 is 15.4 Å². The third kappa shape index (κ3) is 5.10.